The Labute approximate surface area is 369 Å². The van der Waals surface area contributed by atoms with E-state index in [0.29, 0.717) is 0 Å². The van der Waals surface area contributed by atoms with Gasteiger partial charge in [0.05, 0.1) is 34.1 Å². The normalized spacial score (nSPS) is 11.3. The predicted molar refractivity (Wildman–Crippen MR) is 259 cm³/mol. The van der Waals surface area contributed by atoms with Crippen molar-refractivity contribution < 1.29 is 0 Å². The Balaban J connectivity index is 1.25. The van der Waals surface area contributed by atoms with Crippen LogP contribution in [-0.2, 0) is 0 Å². The van der Waals surface area contributed by atoms with Crippen molar-refractivity contribution in [2.24, 2.45) is 0 Å². The van der Waals surface area contributed by atoms with Crippen LogP contribution in [0.3, 0.4) is 0 Å². The number of hydrogen-bond acceptors (Lipinski definition) is 3. The molecule has 3 aromatic heterocycles. The number of rotatable bonds is 9. The minimum Gasteiger partial charge on any atom is -0.299 e. The molecule has 6 heteroatoms. The van der Waals surface area contributed by atoms with Gasteiger partial charge in [-0.2, -0.15) is 0 Å². The minimum absolute atomic E-state index is 0.856. The third-order valence-electron chi connectivity index (χ3n) is 12.1. The molecule has 6 nitrogen and oxygen atoms in total. The monoisotopic (exact) mass is 816 g/mol. The molecule has 0 radical (unpaired) electrons. The molecule has 0 bridgehead atoms. The predicted octanol–water partition coefficient (Wildman–Crippen LogP) is 14.1. The van der Waals surface area contributed by atoms with Crippen molar-refractivity contribution in [3.05, 3.63) is 216 Å². The molecule has 0 aliphatic heterocycles. The molecule has 0 aliphatic rings. The fourth-order valence-electron chi connectivity index (χ4n) is 9.07. The van der Waals surface area contributed by atoms with Crippen LogP contribution < -0.4 is 0 Å². The van der Waals surface area contributed by atoms with Crippen molar-refractivity contribution in [3.8, 4) is 85.0 Å². The maximum atomic E-state index is 5.47. The molecule has 3 heterocycles. The Hall–Kier alpha value is -7.83. The lowest BCUT2D eigenvalue weighted by Gasteiger charge is -2.14. The molecule has 10 rings (SSSR count). The number of imidazole rings is 3. The van der Waals surface area contributed by atoms with Gasteiger partial charge in [0.25, 0.3) is 0 Å². The second kappa shape index (κ2) is 16.2. The fourth-order valence-corrected chi connectivity index (χ4v) is 9.07. The SMILES string of the molecule is Cc1cccc(C)c1-n1cc(-c2cc(-c3cn(-c4c(C)cccc4C)c(-c4ccccc4)n3)cc(-c3cn(-c4c(C)cccc4C)c(-c4ccccc4)n3)c2)nc1-c1ccccc1. The summed E-state index contributed by atoms with van der Waals surface area (Å²) in [5.74, 6) is 2.64. The molecule has 306 valence electrons. The van der Waals surface area contributed by atoms with Gasteiger partial charge in [0.2, 0.25) is 0 Å². The fraction of sp³-hybridized carbons (Fsp3) is 0.105. The first kappa shape index (κ1) is 39.3. The Morgan fingerprint density at radius 2 is 0.508 bits per heavy atom. The van der Waals surface area contributed by atoms with Crippen LogP contribution in [0.5, 0.6) is 0 Å². The summed E-state index contributed by atoms with van der Waals surface area (Å²) in [4.78, 5) is 16.4. The topological polar surface area (TPSA) is 53.5 Å². The molecule has 0 saturated carbocycles. The summed E-state index contributed by atoms with van der Waals surface area (Å²) in [6.45, 7) is 13.0. The summed E-state index contributed by atoms with van der Waals surface area (Å²) < 4.78 is 6.77. The molecule has 0 unspecified atom stereocenters. The number of hydrogen-bond donors (Lipinski definition) is 0. The zero-order valence-corrected chi connectivity index (χ0v) is 36.5. The Morgan fingerprint density at radius 1 is 0.270 bits per heavy atom. The number of para-hydroxylation sites is 3. The Morgan fingerprint density at radius 3 is 0.746 bits per heavy atom. The lowest BCUT2D eigenvalue weighted by atomic mass is 10.0. The zero-order chi connectivity index (χ0) is 43.2. The first-order chi connectivity index (χ1) is 30.7. The summed E-state index contributed by atoms with van der Waals surface area (Å²) >= 11 is 0. The Bertz CT molecular complexity index is 2850. The van der Waals surface area contributed by atoms with Crippen LogP contribution in [0.1, 0.15) is 33.4 Å². The van der Waals surface area contributed by atoms with Crippen molar-refractivity contribution in [1.82, 2.24) is 28.7 Å². The van der Waals surface area contributed by atoms with Crippen LogP contribution in [0, 0.1) is 41.5 Å². The highest BCUT2D eigenvalue weighted by Gasteiger charge is 2.22. The van der Waals surface area contributed by atoms with Gasteiger partial charge in [-0.25, -0.2) is 15.0 Å². The van der Waals surface area contributed by atoms with Crippen LogP contribution in [0.15, 0.2) is 182 Å². The highest BCUT2D eigenvalue weighted by molar-refractivity contribution is 5.81. The number of benzene rings is 7. The van der Waals surface area contributed by atoms with Crippen molar-refractivity contribution in [3.63, 3.8) is 0 Å². The van der Waals surface area contributed by atoms with E-state index in [1.54, 1.807) is 0 Å². The van der Waals surface area contributed by atoms with Crippen LogP contribution in [0.2, 0.25) is 0 Å². The number of nitrogens with zero attached hydrogens (tertiary/aromatic N) is 6. The van der Waals surface area contributed by atoms with E-state index < -0.39 is 0 Å². The molecular formula is C57H48N6. The highest BCUT2D eigenvalue weighted by atomic mass is 15.1. The molecule has 0 spiro atoms. The van der Waals surface area contributed by atoms with E-state index in [1.165, 1.54) is 33.4 Å². The summed E-state index contributed by atoms with van der Waals surface area (Å²) in [6.07, 6.45) is 6.57. The molecule has 0 fully saturated rings. The van der Waals surface area contributed by atoms with Gasteiger partial charge in [0.1, 0.15) is 17.5 Å². The first-order valence-electron chi connectivity index (χ1n) is 21.5. The molecular weight excluding hydrogens is 769 g/mol. The maximum Gasteiger partial charge on any atom is 0.145 e. The molecule has 0 N–H and O–H groups in total. The van der Waals surface area contributed by atoms with Crippen molar-refractivity contribution in [2.45, 2.75) is 41.5 Å². The molecule has 0 aliphatic carbocycles. The molecule has 10 aromatic rings. The van der Waals surface area contributed by atoms with Gasteiger partial charge in [-0.15, -0.1) is 0 Å². The van der Waals surface area contributed by atoms with E-state index in [9.17, 15) is 0 Å². The Kier molecular flexibility index (Phi) is 10.1. The van der Waals surface area contributed by atoms with E-state index in [-0.39, 0.29) is 0 Å². The van der Waals surface area contributed by atoms with Gasteiger partial charge in [-0.3, -0.25) is 13.7 Å². The van der Waals surface area contributed by atoms with Gasteiger partial charge >= 0.3 is 0 Å². The third kappa shape index (κ3) is 7.29. The largest absolute Gasteiger partial charge is 0.299 e. The van der Waals surface area contributed by atoms with Crippen molar-refractivity contribution in [1.29, 1.82) is 0 Å². The van der Waals surface area contributed by atoms with Gasteiger partial charge in [0.15, 0.2) is 0 Å². The van der Waals surface area contributed by atoms with Crippen LogP contribution in [-0.4, -0.2) is 28.7 Å². The van der Waals surface area contributed by atoms with Gasteiger partial charge in [-0.05, 0) is 93.1 Å². The molecule has 0 saturated heterocycles. The molecule has 7 aromatic carbocycles. The lowest BCUT2D eigenvalue weighted by molar-refractivity contribution is 1.03. The third-order valence-corrected chi connectivity index (χ3v) is 12.1. The van der Waals surface area contributed by atoms with Gasteiger partial charge < -0.3 is 0 Å². The second-order valence-corrected chi connectivity index (χ2v) is 16.6. The van der Waals surface area contributed by atoms with Crippen LogP contribution >= 0.6 is 0 Å². The molecule has 63 heavy (non-hydrogen) atoms. The minimum atomic E-state index is 0.856. The molecule has 0 atom stereocenters. The maximum absolute atomic E-state index is 5.47. The smallest absolute Gasteiger partial charge is 0.145 e. The van der Waals surface area contributed by atoms with Crippen LogP contribution in [0.25, 0.3) is 85.0 Å². The van der Waals surface area contributed by atoms with Gasteiger partial charge in [0, 0.05) is 52.0 Å². The van der Waals surface area contributed by atoms with E-state index in [1.807, 2.05) is 0 Å². The van der Waals surface area contributed by atoms with E-state index in [4.69, 9.17) is 15.0 Å². The second-order valence-electron chi connectivity index (χ2n) is 16.6. The summed E-state index contributed by atoms with van der Waals surface area (Å²) in [5.41, 5.74) is 19.1. The summed E-state index contributed by atoms with van der Waals surface area (Å²) in [5, 5.41) is 0. The van der Waals surface area contributed by atoms with E-state index >= 15 is 0 Å². The van der Waals surface area contributed by atoms with Crippen molar-refractivity contribution in [2.75, 3.05) is 0 Å². The van der Waals surface area contributed by atoms with E-state index in [0.717, 1.165) is 85.0 Å². The quantitative estimate of drug-likeness (QED) is 0.146. The lowest BCUT2D eigenvalue weighted by Crippen LogP contribution is -2.01. The standard InChI is InChI=1S/C57H48N6/c1-37-19-16-20-38(2)52(37)61-34-49(58-55(61)43-25-10-7-11-26-43)46-31-47(50-35-62(53-39(3)21-17-22-40(53)4)56(59-50)44-27-12-8-13-28-44)33-48(32-46)51-36-63(54-41(5)23-18-24-42(54)6)57(60-51)45-29-14-9-15-30-45/h7-36H,1-6H3. The average Bonchev–Trinajstić information content (AvgIpc) is 4.06. The molecule has 0 amide bonds. The average molecular weight is 817 g/mol. The summed E-state index contributed by atoms with van der Waals surface area (Å²) in [7, 11) is 0. The van der Waals surface area contributed by atoms with Crippen LogP contribution in [0.4, 0.5) is 0 Å². The van der Waals surface area contributed by atoms with Crippen molar-refractivity contribution >= 4 is 0 Å². The van der Waals surface area contributed by atoms with Gasteiger partial charge in [-0.1, -0.05) is 146 Å². The highest BCUT2D eigenvalue weighted by Crippen LogP contribution is 2.39. The number of aromatic nitrogens is 6. The first-order valence-corrected chi connectivity index (χ1v) is 21.5. The number of aryl methyl sites for hydroxylation is 6. The van der Waals surface area contributed by atoms with E-state index in [2.05, 4.69) is 238 Å². The zero-order valence-electron chi connectivity index (χ0n) is 36.5. The summed E-state index contributed by atoms with van der Waals surface area (Å²) in [6, 6.07) is 57.5.